The van der Waals surface area contributed by atoms with E-state index >= 15 is 0 Å². The Morgan fingerprint density at radius 2 is 0.842 bits per heavy atom. The predicted molar refractivity (Wildman–Crippen MR) is 150 cm³/mol. The molecule has 0 spiro atoms. The summed E-state index contributed by atoms with van der Waals surface area (Å²) in [5.74, 6) is -1.46. The normalized spacial score (nSPS) is 12.9. The van der Waals surface area contributed by atoms with Crippen molar-refractivity contribution in [3.8, 4) is 0 Å². The van der Waals surface area contributed by atoms with Crippen LogP contribution in [0.5, 0.6) is 0 Å². The quantitative estimate of drug-likeness (QED) is 0.214. The van der Waals surface area contributed by atoms with Gasteiger partial charge in [0.15, 0.2) is 0 Å². The zero-order valence-corrected chi connectivity index (χ0v) is 25.8. The summed E-state index contributed by atoms with van der Waals surface area (Å²) in [7, 11) is 0. The SMILES string of the molecule is Cc1cc(C)c(C(=O)OOOOC(=O)c2c(C)cc(C)cc2C(C(C)(C)C)(C(C)(C)C)C(C)(C)C)c(C)c1. The average Bonchev–Trinajstić information content (AvgIpc) is 2.66. The van der Waals surface area contributed by atoms with Crippen molar-refractivity contribution in [3.63, 3.8) is 0 Å². The Kier molecular flexibility index (Phi) is 8.97. The topological polar surface area (TPSA) is 71.1 Å². The first-order valence-electron chi connectivity index (χ1n) is 13.1. The smallest absolute Gasteiger partial charge is 0.260 e. The van der Waals surface area contributed by atoms with Gasteiger partial charge in [0.1, 0.15) is 0 Å². The zero-order chi connectivity index (χ0) is 29.4. The summed E-state index contributed by atoms with van der Waals surface area (Å²) < 4.78 is 0. The van der Waals surface area contributed by atoms with Crippen LogP contribution in [0.25, 0.3) is 0 Å². The zero-order valence-electron chi connectivity index (χ0n) is 25.8. The molecule has 0 unspecified atom stereocenters. The van der Waals surface area contributed by atoms with Gasteiger partial charge in [0.25, 0.3) is 0 Å². The molecule has 0 saturated carbocycles. The van der Waals surface area contributed by atoms with Crippen LogP contribution >= 0.6 is 0 Å². The second kappa shape index (κ2) is 10.8. The minimum absolute atomic E-state index is 0.241. The molecule has 2 rings (SSSR count). The highest BCUT2D eigenvalue weighted by Crippen LogP contribution is 2.63. The van der Waals surface area contributed by atoms with Gasteiger partial charge >= 0.3 is 11.9 Å². The van der Waals surface area contributed by atoms with Crippen molar-refractivity contribution < 1.29 is 29.4 Å². The Bertz CT molecular complexity index is 1140. The molecular weight excluding hydrogens is 480 g/mol. The van der Waals surface area contributed by atoms with E-state index in [0.717, 1.165) is 33.4 Å². The third kappa shape index (κ3) is 5.81. The second-order valence-corrected chi connectivity index (χ2v) is 13.7. The largest absolute Gasteiger partial charge is 0.377 e. The molecule has 0 N–H and O–H groups in total. The summed E-state index contributed by atoms with van der Waals surface area (Å²) in [6, 6.07) is 7.77. The van der Waals surface area contributed by atoms with E-state index in [0.29, 0.717) is 11.1 Å². The monoisotopic (exact) mass is 526 g/mol. The van der Waals surface area contributed by atoms with E-state index < -0.39 is 17.4 Å². The summed E-state index contributed by atoms with van der Waals surface area (Å²) in [5.41, 5.74) is 4.81. The number of carbonyl (C=O) groups excluding carboxylic acids is 2. The molecule has 0 amide bonds. The minimum atomic E-state index is -0.740. The maximum Gasteiger partial charge on any atom is 0.377 e. The van der Waals surface area contributed by atoms with E-state index in [1.54, 1.807) is 0 Å². The van der Waals surface area contributed by atoms with Gasteiger partial charge in [-0.25, -0.2) is 9.59 Å². The number of rotatable bonds is 6. The first-order valence-corrected chi connectivity index (χ1v) is 13.1. The molecule has 0 aliphatic rings. The van der Waals surface area contributed by atoms with E-state index in [1.807, 2.05) is 52.8 Å². The van der Waals surface area contributed by atoms with Crippen LogP contribution in [0.4, 0.5) is 0 Å². The van der Waals surface area contributed by atoms with Crippen LogP contribution in [-0.2, 0) is 25.3 Å². The molecule has 0 heterocycles. The number of hydrogen-bond acceptors (Lipinski definition) is 6. The molecule has 0 aliphatic carbocycles. The summed E-state index contributed by atoms with van der Waals surface area (Å²) in [5, 5.41) is 9.24. The van der Waals surface area contributed by atoms with Gasteiger partial charge in [-0.3, -0.25) is 9.78 Å². The molecule has 210 valence electrons. The molecule has 0 aliphatic heterocycles. The summed E-state index contributed by atoms with van der Waals surface area (Å²) in [6.07, 6.45) is 0. The fourth-order valence-corrected chi connectivity index (χ4v) is 7.80. The minimum Gasteiger partial charge on any atom is -0.260 e. The van der Waals surface area contributed by atoms with Crippen molar-refractivity contribution in [1.82, 2.24) is 0 Å². The number of hydrogen-bond donors (Lipinski definition) is 0. The van der Waals surface area contributed by atoms with Gasteiger partial charge < -0.3 is 0 Å². The Balaban J connectivity index is 2.43. The lowest BCUT2D eigenvalue weighted by atomic mass is 9.41. The van der Waals surface area contributed by atoms with E-state index in [-0.39, 0.29) is 16.2 Å². The lowest BCUT2D eigenvalue weighted by Gasteiger charge is -2.62. The lowest BCUT2D eigenvalue weighted by Crippen LogP contribution is -2.59. The highest BCUT2D eigenvalue weighted by Gasteiger charge is 2.59. The van der Waals surface area contributed by atoms with Crippen molar-refractivity contribution in [1.29, 1.82) is 0 Å². The summed E-state index contributed by atoms with van der Waals surface area (Å²) in [6.45, 7) is 29.4. The van der Waals surface area contributed by atoms with Crippen LogP contribution in [0.15, 0.2) is 24.3 Å². The van der Waals surface area contributed by atoms with Gasteiger partial charge in [-0.05, 0) is 73.1 Å². The molecule has 38 heavy (non-hydrogen) atoms. The Morgan fingerprint density at radius 1 is 0.526 bits per heavy atom. The second-order valence-electron chi connectivity index (χ2n) is 13.7. The fraction of sp³-hybridized carbons (Fsp3) is 0.562. The molecule has 0 radical (unpaired) electrons. The van der Waals surface area contributed by atoms with Gasteiger partial charge in [0.05, 0.1) is 11.1 Å². The van der Waals surface area contributed by atoms with Crippen molar-refractivity contribution in [2.45, 2.75) is 102 Å². The van der Waals surface area contributed by atoms with E-state index in [1.165, 1.54) is 0 Å². The summed E-state index contributed by atoms with van der Waals surface area (Å²) in [4.78, 5) is 35.9. The molecule has 2 aromatic carbocycles. The van der Waals surface area contributed by atoms with Gasteiger partial charge in [-0.2, -0.15) is 0 Å². The maximum absolute atomic E-state index is 13.5. The van der Waals surface area contributed by atoms with E-state index in [9.17, 15) is 9.59 Å². The Morgan fingerprint density at radius 3 is 1.21 bits per heavy atom. The van der Waals surface area contributed by atoms with Crippen LogP contribution in [0.2, 0.25) is 0 Å². The lowest BCUT2D eigenvalue weighted by molar-refractivity contribution is -0.595. The van der Waals surface area contributed by atoms with Crippen molar-refractivity contribution in [2.75, 3.05) is 0 Å². The molecule has 0 atom stereocenters. The van der Waals surface area contributed by atoms with Crippen LogP contribution in [0, 0.1) is 50.9 Å². The maximum atomic E-state index is 13.5. The molecule has 0 saturated heterocycles. The number of benzene rings is 2. The molecule has 2 aromatic rings. The third-order valence-corrected chi connectivity index (χ3v) is 7.59. The molecule has 0 aromatic heterocycles. The average molecular weight is 527 g/mol. The van der Waals surface area contributed by atoms with E-state index in [4.69, 9.17) is 9.78 Å². The Hall–Kier alpha value is -2.70. The van der Waals surface area contributed by atoms with Crippen molar-refractivity contribution in [3.05, 3.63) is 68.8 Å². The van der Waals surface area contributed by atoms with Crippen molar-refractivity contribution >= 4 is 11.9 Å². The highest BCUT2D eigenvalue weighted by atomic mass is 17.7. The number of carbonyl (C=O) groups is 2. The fourth-order valence-electron chi connectivity index (χ4n) is 7.80. The Labute approximate surface area is 228 Å². The first-order chi connectivity index (χ1) is 17.2. The highest BCUT2D eigenvalue weighted by molar-refractivity contribution is 5.93. The first kappa shape index (κ1) is 31.5. The van der Waals surface area contributed by atoms with Gasteiger partial charge in [-0.15, -0.1) is 0 Å². The number of aryl methyl sites for hydroxylation is 5. The third-order valence-electron chi connectivity index (χ3n) is 7.59. The standard InChI is InChI=1S/C32H46O6/c1-19-15-21(3)25(22(4)16-19)27(33)35-37-38-36-28(34)26-23(5)17-20(2)18-24(26)32(29(6,7)8,30(9,10)11)31(12,13)14/h15-18H,1-14H3. The molecule has 6 heteroatoms. The van der Waals surface area contributed by atoms with Crippen LogP contribution < -0.4 is 0 Å². The summed E-state index contributed by atoms with van der Waals surface area (Å²) >= 11 is 0. The molecule has 6 nitrogen and oxygen atoms in total. The molecule has 0 fully saturated rings. The predicted octanol–water partition coefficient (Wildman–Crippen LogP) is 8.40. The van der Waals surface area contributed by atoms with Gasteiger partial charge in [-0.1, -0.05) is 97.7 Å². The van der Waals surface area contributed by atoms with Crippen molar-refractivity contribution in [2.24, 2.45) is 16.2 Å². The van der Waals surface area contributed by atoms with E-state index in [2.05, 4.69) is 78.5 Å². The van der Waals surface area contributed by atoms with Crippen LogP contribution in [-0.4, -0.2) is 11.9 Å². The molecular formula is C32H46O6. The van der Waals surface area contributed by atoms with Gasteiger partial charge in [0, 0.05) is 15.5 Å². The van der Waals surface area contributed by atoms with Crippen LogP contribution in [0.1, 0.15) is 116 Å². The van der Waals surface area contributed by atoms with Crippen LogP contribution in [0.3, 0.4) is 0 Å². The van der Waals surface area contributed by atoms with Gasteiger partial charge in [0.2, 0.25) is 0 Å². The molecule has 0 bridgehead atoms.